The van der Waals surface area contributed by atoms with Crippen LogP contribution in [0.15, 0.2) is 42.9 Å². The third-order valence-electron chi connectivity index (χ3n) is 4.94. The van der Waals surface area contributed by atoms with Crippen LogP contribution in [0.25, 0.3) is 16.9 Å². The van der Waals surface area contributed by atoms with E-state index >= 15 is 0 Å². The largest absolute Gasteiger partial charge is 0.395 e. The van der Waals surface area contributed by atoms with Crippen LogP contribution < -0.4 is 10.6 Å². The number of benzene rings is 1. The minimum atomic E-state index is -0.455. The lowest BCUT2D eigenvalue weighted by molar-refractivity contribution is 0.100. The van der Waals surface area contributed by atoms with E-state index in [0.29, 0.717) is 12.1 Å². The molecule has 0 radical (unpaired) electrons. The van der Waals surface area contributed by atoms with Crippen molar-refractivity contribution in [3.05, 3.63) is 48.4 Å². The third kappa shape index (κ3) is 3.36. The molecule has 1 amide bonds. The maximum Gasteiger partial charge on any atom is 0.248 e. The fraction of sp³-hybridized carbons (Fsp3) is 0.316. The number of hydrogen-bond donors (Lipinski definition) is 2. The van der Waals surface area contributed by atoms with Crippen LogP contribution in [0.4, 0.5) is 5.82 Å². The van der Waals surface area contributed by atoms with Crippen LogP contribution in [0.3, 0.4) is 0 Å². The molecule has 0 aliphatic carbocycles. The van der Waals surface area contributed by atoms with E-state index in [2.05, 4.69) is 19.8 Å². The summed E-state index contributed by atoms with van der Waals surface area (Å²) < 4.78 is 1.99. The molecule has 1 saturated heterocycles. The molecule has 27 heavy (non-hydrogen) atoms. The zero-order chi connectivity index (χ0) is 18.8. The first-order chi connectivity index (χ1) is 13.2. The maximum atomic E-state index is 11.5. The van der Waals surface area contributed by atoms with Gasteiger partial charge in [0.2, 0.25) is 5.91 Å². The minimum Gasteiger partial charge on any atom is -0.395 e. The smallest absolute Gasteiger partial charge is 0.248 e. The van der Waals surface area contributed by atoms with Crippen molar-refractivity contribution >= 4 is 17.4 Å². The van der Waals surface area contributed by atoms with Gasteiger partial charge >= 0.3 is 0 Å². The number of aliphatic hydroxyl groups is 1. The lowest BCUT2D eigenvalue weighted by atomic mass is 10.1. The van der Waals surface area contributed by atoms with Gasteiger partial charge in [-0.05, 0) is 12.1 Å². The van der Waals surface area contributed by atoms with Crippen molar-refractivity contribution in [1.82, 2.24) is 19.3 Å². The summed E-state index contributed by atoms with van der Waals surface area (Å²) in [6.07, 6.45) is 5.46. The van der Waals surface area contributed by atoms with Crippen molar-refractivity contribution in [2.45, 2.75) is 0 Å². The molecular formula is C19H22N6O2. The molecule has 1 aliphatic rings. The Balaban J connectivity index is 1.67. The van der Waals surface area contributed by atoms with Gasteiger partial charge < -0.3 is 15.7 Å². The normalized spacial score (nSPS) is 15.4. The Morgan fingerprint density at radius 2 is 2.00 bits per heavy atom. The van der Waals surface area contributed by atoms with Gasteiger partial charge in [-0.25, -0.2) is 9.97 Å². The van der Waals surface area contributed by atoms with Crippen LogP contribution in [0.1, 0.15) is 10.4 Å². The van der Waals surface area contributed by atoms with Gasteiger partial charge in [0, 0.05) is 56.2 Å². The highest BCUT2D eigenvalue weighted by Gasteiger charge is 2.21. The monoisotopic (exact) mass is 366 g/mol. The number of rotatable bonds is 5. The van der Waals surface area contributed by atoms with E-state index in [9.17, 15) is 4.79 Å². The minimum absolute atomic E-state index is 0.182. The number of β-amino-alcohol motifs (C(OH)–C–C–N with tert-alkyl or cyclic N) is 1. The second kappa shape index (κ2) is 7.34. The molecule has 2 aromatic heterocycles. The van der Waals surface area contributed by atoms with Crippen molar-refractivity contribution in [2.75, 3.05) is 44.2 Å². The number of carbonyl (C=O) groups is 1. The van der Waals surface area contributed by atoms with Crippen LogP contribution in [-0.4, -0.2) is 69.6 Å². The van der Waals surface area contributed by atoms with E-state index in [0.717, 1.165) is 48.9 Å². The Kier molecular flexibility index (Phi) is 4.74. The summed E-state index contributed by atoms with van der Waals surface area (Å²) in [5.74, 6) is 0.391. The summed E-state index contributed by atoms with van der Waals surface area (Å²) in [5.41, 5.74) is 8.37. The average Bonchev–Trinajstić information content (AvgIpc) is 3.18. The van der Waals surface area contributed by atoms with Crippen molar-refractivity contribution in [1.29, 1.82) is 0 Å². The topological polar surface area (TPSA) is 100.0 Å². The Morgan fingerprint density at radius 1 is 1.19 bits per heavy atom. The van der Waals surface area contributed by atoms with E-state index < -0.39 is 5.91 Å². The number of piperazine rings is 1. The lowest BCUT2D eigenvalue weighted by Gasteiger charge is -2.35. The molecule has 0 unspecified atom stereocenters. The van der Waals surface area contributed by atoms with E-state index in [1.807, 2.05) is 28.9 Å². The number of amides is 1. The molecule has 3 heterocycles. The van der Waals surface area contributed by atoms with Gasteiger partial charge in [-0.15, -0.1) is 0 Å². The first-order valence-electron chi connectivity index (χ1n) is 8.98. The van der Waals surface area contributed by atoms with Crippen molar-refractivity contribution < 1.29 is 9.90 Å². The fourth-order valence-electron chi connectivity index (χ4n) is 3.50. The number of primary amides is 1. The molecule has 1 aliphatic heterocycles. The number of imidazole rings is 1. The highest BCUT2D eigenvalue weighted by molar-refractivity contribution is 5.94. The van der Waals surface area contributed by atoms with E-state index in [1.54, 1.807) is 18.3 Å². The summed E-state index contributed by atoms with van der Waals surface area (Å²) >= 11 is 0. The predicted octanol–water partition coefficient (Wildman–Crippen LogP) is 0.609. The molecule has 8 nitrogen and oxygen atoms in total. The number of nitrogens with zero attached hydrogens (tertiary/aromatic N) is 5. The summed E-state index contributed by atoms with van der Waals surface area (Å²) in [6.45, 7) is 4.34. The first kappa shape index (κ1) is 17.4. The Hall–Kier alpha value is -2.97. The lowest BCUT2D eigenvalue weighted by Crippen LogP contribution is -2.47. The fourth-order valence-corrected chi connectivity index (χ4v) is 3.50. The zero-order valence-corrected chi connectivity index (χ0v) is 15.0. The van der Waals surface area contributed by atoms with Gasteiger partial charge in [0.1, 0.15) is 0 Å². The Bertz CT molecular complexity index is 962. The average molecular weight is 366 g/mol. The van der Waals surface area contributed by atoms with E-state index in [4.69, 9.17) is 10.8 Å². The molecule has 140 valence electrons. The summed E-state index contributed by atoms with van der Waals surface area (Å²) in [4.78, 5) is 25.1. The van der Waals surface area contributed by atoms with Gasteiger partial charge in [-0.1, -0.05) is 12.1 Å². The number of carbonyl (C=O) groups excluding carboxylic acids is 1. The van der Waals surface area contributed by atoms with Gasteiger partial charge in [0.25, 0.3) is 0 Å². The molecule has 0 bridgehead atoms. The van der Waals surface area contributed by atoms with Crippen molar-refractivity contribution in [3.63, 3.8) is 0 Å². The van der Waals surface area contributed by atoms with Crippen LogP contribution in [0.5, 0.6) is 0 Å². The van der Waals surface area contributed by atoms with E-state index in [-0.39, 0.29) is 6.61 Å². The predicted molar refractivity (Wildman–Crippen MR) is 103 cm³/mol. The maximum absolute atomic E-state index is 11.5. The highest BCUT2D eigenvalue weighted by Crippen LogP contribution is 2.26. The number of aromatic nitrogens is 3. The second-order valence-corrected chi connectivity index (χ2v) is 6.59. The molecule has 4 rings (SSSR count). The summed E-state index contributed by atoms with van der Waals surface area (Å²) in [6, 6.07) is 7.21. The third-order valence-corrected chi connectivity index (χ3v) is 4.94. The van der Waals surface area contributed by atoms with Gasteiger partial charge in [0.05, 0.1) is 18.5 Å². The molecule has 3 N–H and O–H groups in total. The molecule has 0 spiro atoms. The molecule has 0 atom stereocenters. The number of fused-ring (bicyclic) bond motifs is 1. The summed E-state index contributed by atoms with van der Waals surface area (Å²) in [5, 5.41) is 9.10. The first-order valence-corrected chi connectivity index (χ1v) is 8.98. The number of anilines is 1. The molecule has 1 aromatic carbocycles. The number of hydrogen-bond acceptors (Lipinski definition) is 6. The Morgan fingerprint density at radius 3 is 2.74 bits per heavy atom. The molecule has 8 heteroatoms. The molecular weight excluding hydrogens is 344 g/mol. The van der Waals surface area contributed by atoms with Crippen LogP contribution in [0, 0.1) is 0 Å². The quantitative estimate of drug-likeness (QED) is 0.686. The second-order valence-electron chi connectivity index (χ2n) is 6.59. The van der Waals surface area contributed by atoms with Crippen LogP contribution >= 0.6 is 0 Å². The molecule has 3 aromatic rings. The standard InChI is InChI=1S/C19H22N6O2/c20-17(27)15-3-1-2-14(12-15)16-13-22-18(19-21-4-5-25(16)19)24-8-6-23(7-9-24)10-11-26/h1-5,12-13,26H,6-11H2,(H2,20,27). The van der Waals surface area contributed by atoms with Gasteiger partial charge in [-0.2, -0.15) is 0 Å². The molecule has 1 fully saturated rings. The van der Waals surface area contributed by atoms with Crippen LogP contribution in [0.2, 0.25) is 0 Å². The van der Waals surface area contributed by atoms with Gasteiger partial charge in [-0.3, -0.25) is 14.1 Å². The SMILES string of the molecule is NC(=O)c1cccc(-c2cnc(N3CCN(CCO)CC3)c3nccn23)c1. The highest BCUT2D eigenvalue weighted by atomic mass is 16.3. The number of nitrogens with two attached hydrogens (primary N) is 1. The Labute approximate surface area is 156 Å². The zero-order valence-electron chi connectivity index (χ0n) is 15.0. The van der Waals surface area contributed by atoms with Crippen LogP contribution in [-0.2, 0) is 0 Å². The van der Waals surface area contributed by atoms with Gasteiger partial charge in [0.15, 0.2) is 11.5 Å². The van der Waals surface area contributed by atoms with Crippen molar-refractivity contribution in [3.8, 4) is 11.3 Å². The molecule has 0 saturated carbocycles. The van der Waals surface area contributed by atoms with Crippen molar-refractivity contribution in [2.24, 2.45) is 5.73 Å². The number of aliphatic hydroxyl groups excluding tert-OH is 1. The van der Waals surface area contributed by atoms with E-state index in [1.165, 1.54) is 0 Å². The summed E-state index contributed by atoms with van der Waals surface area (Å²) in [7, 11) is 0.